The number of ether oxygens (including phenoxy) is 2. The number of hydrogen-bond donors (Lipinski definition) is 3. The first kappa shape index (κ1) is 44.4. The average Bonchev–Trinajstić information content (AvgIpc) is 4.15. The number of nitrogens with one attached hydrogen (secondary N) is 3. The van der Waals surface area contributed by atoms with Crippen molar-refractivity contribution in [3.63, 3.8) is 0 Å². The summed E-state index contributed by atoms with van der Waals surface area (Å²) in [6, 6.07) is 12.3. The number of allylic oxidation sites excluding steroid dienone is 4. The first-order valence-electron chi connectivity index (χ1n) is 21.4. The van der Waals surface area contributed by atoms with Crippen molar-refractivity contribution < 1.29 is 41.9 Å². The van der Waals surface area contributed by atoms with E-state index < -0.39 is 80.4 Å². The van der Waals surface area contributed by atoms with Gasteiger partial charge in [-0.15, -0.1) is 0 Å². The predicted molar refractivity (Wildman–Crippen MR) is 235 cm³/mol. The van der Waals surface area contributed by atoms with E-state index in [0.29, 0.717) is 42.7 Å². The lowest BCUT2D eigenvalue weighted by Crippen LogP contribution is -2.60. The van der Waals surface area contributed by atoms with Crippen molar-refractivity contribution in [1.82, 2.24) is 20.3 Å². The number of rotatable bonds is 10. The molecule has 0 spiro atoms. The molecule has 1 saturated heterocycles. The molecule has 2 aromatic carbocycles. The summed E-state index contributed by atoms with van der Waals surface area (Å²) in [5.41, 5.74) is 2.31. The van der Waals surface area contributed by atoms with Gasteiger partial charge >= 0.3 is 6.09 Å². The lowest BCUT2D eigenvalue weighted by atomic mass is 10.00. The highest BCUT2D eigenvalue weighted by Crippen LogP contribution is 2.47. The second kappa shape index (κ2) is 18.0. The first-order valence-corrected chi connectivity index (χ1v) is 23.0. The molecule has 0 bridgehead atoms. The standard InChI is InChI=1S/C47H57N5O9S/c1-7-30(24-23-29(2)59-6)41-39(61-50-40-35-20-15-13-18-33(35)34-19-14-16-21-36(34)40)27-38-42(53)49-47(44(55)51-62(57,58)32-25-26-32)28-31(47)17-11-9-8-10-12-22-37(43(54)52(38)41)48-45(56)60-46(3,4)5/h7,11,13-21,23-24,31-32,37-39,41H,1,8-10,12,22,25-28H2,2-6H3,(H,48,56)(H,49,53)(H,51,55)/b17-11-,29-23+,30-24+/t31?,37?,38?,39-,41+,47?/m1/s1. The van der Waals surface area contributed by atoms with Crippen molar-refractivity contribution in [3.8, 4) is 11.1 Å². The maximum atomic E-state index is 15.4. The molecule has 2 saturated carbocycles. The van der Waals surface area contributed by atoms with E-state index in [9.17, 15) is 18.0 Å². The van der Waals surface area contributed by atoms with Gasteiger partial charge in [-0.2, -0.15) is 0 Å². The first-order chi connectivity index (χ1) is 29.6. The highest BCUT2D eigenvalue weighted by Gasteiger charge is 2.63. The van der Waals surface area contributed by atoms with Crippen molar-refractivity contribution in [2.75, 3.05) is 7.11 Å². The Labute approximate surface area is 363 Å². The van der Waals surface area contributed by atoms with Crippen LogP contribution in [0.25, 0.3) is 11.1 Å². The van der Waals surface area contributed by atoms with E-state index in [1.54, 1.807) is 45.9 Å². The molecule has 7 rings (SSSR count). The normalized spacial score (nSPS) is 27.1. The number of methoxy groups -OCH3 is 1. The lowest BCUT2D eigenvalue weighted by molar-refractivity contribution is -0.142. The van der Waals surface area contributed by atoms with Crippen molar-refractivity contribution in [2.24, 2.45) is 11.1 Å². The maximum Gasteiger partial charge on any atom is 0.408 e. The number of benzene rings is 2. The zero-order chi connectivity index (χ0) is 44.4. The van der Waals surface area contributed by atoms with Gasteiger partial charge in [-0.25, -0.2) is 13.2 Å². The molecule has 4 unspecified atom stereocenters. The molecule has 0 aromatic heterocycles. The molecule has 3 aliphatic carbocycles. The number of amides is 4. The van der Waals surface area contributed by atoms with Gasteiger partial charge in [0, 0.05) is 23.5 Å². The van der Waals surface area contributed by atoms with Gasteiger partial charge in [0.05, 0.1) is 24.2 Å². The van der Waals surface area contributed by atoms with Crippen LogP contribution >= 0.6 is 0 Å². The van der Waals surface area contributed by atoms with Gasteiger partial charge in [-0.3, -0.25) is 19.1 Å². The number of oxime groups is 1. The molecule has 15 heteroatoms. The summed E-state index contributed by atoms with van der Waals surface area (Å²) in [5.74, 6) is -2.01. The van der Waals surface area contributed by atoms with E-state index in [1.165, 1.54) is 12.0 Å². The minimum Gasteiger partial charge on any atom is -0.501 e. The molecule has 6 atom stereocenters. The van der Waals surface area contributed by atoms with Gasteiger partial charge in [0.15, 0.2) is 6.10 Å². The van der Waals surface area contributed by atoms with Crippen molar-refractivity contribution >= 4 is 39.5 Å². The number of nitrogens with zero attached hydrogens (tertiary/aromatic N) is 2. The van der Waals surface area contributed by atoms with Crippen LogP contribution in [0.5, 0.6) is 0 Å². The van der Waals surface area contributed by atoms with E-state index in [2.05, 4.69) is 21.9 Å². The summed E-state index contributed by atoms with van der Waals surface area (Å²) in [4.78, 5) is 65.8. The Morgan fingerprint density at radius 3 is 2.24 bits per heavy atom. The van der Waals surface area contributed by atoms with E-state index in [-0.39, 0.29) is 19.3 Å². The minimum absolute atomic E-state index is 0.0851. The van der Waals surface area contributed by atoms with Crippen LogP contribution < -0.4 is 15.4 Å². The zero-order valence-electron chi connectivity index (χ0n) is 36.0. The Bertz CT molecular complexity index is 2300. The van der Waals surface area contributed by atoms with Crippen molar-refractivity contribution in [2.45, 2.75) is 126 Å². The highest BCUT2D eigenvalue weighted by molar-refractivity contribution is 7.91. The number of fused-ring (bicyclic) bond motifs is 5. The second-order valence-electron chi connectivity index (χ2n) is 17.7. The fourth-order valence-electron chi connectivity index (χ4n) is 8.52. The molecule has 0 radical (unpaired) electrons. The molecule has 3 N–H and O–H groups in total. The van der Waals surface area contributed by atoms with Crippen LogP contribution in [-0.4, -0.2) is 90.6 Å². The number of carbonyl (C=O) groups is 4. The van der Waals surface area contributed by atoms with Gasteiger partial charge in [0.1, 0.15) is 28.9 Å². The zero-order valence-corrected chi connectivity index (χ0v) is 36.8. The molecule has 14 nitrogen and oxygen atoms in total. The largest absolute Gasteiger partial charge is 0.501 e. The summed E-state index contributed by atoms with van der Waals surface area (Å²) in [6.07, 6.45) is 11.0. The fraction of sp³-hybridized carbons (Fsp3) is 0.468. The van der Waals surface area contributed by atoms with Gasteiger partial charge in [0.2, 0.25) is 21.8 Å². The third-order valence-electron chi connectivity index (χ3n) is 12.0. The molecular weight excluding hydrogens is 811 g/mol. The predicted octanol–water partition coefficient (Wildman–Crippen LogP) is 6.33. The van der Waals surface area contributed by atoms with Crippen LogP contribution in [0.2, 0.25) is 0 Å². The number of alkyl carbamates (subject to hydrolysis) is 1. The highest BCUT2D eigenvalue weighted by atomic mass is 32.2. The summed E-state index contributed by atoms with van der Waals surface area (Å²) >= 11 is 0. The Kier molecular flexibility index (Phi) is 12.8. The van der Waals surface area contributed by atoms with E-state index >= 15 is 9.59 Å². The van der Waals surface area contributed by atoms with E-state index in [1.807, 2.05) is 60.7 Å². The maximum absolute atomic E-state index is 15.4. The van der Waals surface area contributed by atoms with Crippen LogP contribution in [0.4, 0.5) is 4.79 Å². The quantitative estimate of drug-likeness (QED) is 0.0908. The van der Waals surface area contributed by atoms with Crippen LogP contribution in [0.3, 0.4) is 0 Å². The third kappa shape index (κ3) is 9.52. The lowest BCUT2D eigenvalue weighted by Gasteiger charge is -2.35. The number of carbonyl (C=O) groups excluding carboxylic acids is 4. The van der Waals surface area contributed by atoms with Gasteiger partial charge < -0.3 is 29.8 Å². The smallest absolute Gasteiger partial charge is 0.408 e. The van der Waals surface area contributed by atoms with Crippen LogP contribution in [-0.2, 0) is 38.7 Å². The molecule has 2 aliphatic heterocycles. The number of hydrogen-bond acceptors (Lipinski definition) is 10. The molecule has 2 heterocycles. The Balaban J connectivity index is 1.33. The Morgan fingerprint density at radius 2 is 1.63 bits per heavy atom. The van der Waals surface area contributed by atoms with Crippen molar-refractivity contribution in [3.05, 3.63) is 108 Å². The van der Waals surface area contributed by atoms with Crippen LogP contribution in [0.1, 0.15) is 96.6 Å². The third-order valence-corrected chi connectivity index (χ3v) is 13.8. The summed E-state index contributed by atoms with van der Waals surface area (Å²) < 4.78 is 39.4. The van der Waals surface area contributed by atoms with Gasteiger partial charge in [-0.1, -0.05) is 97.4 Å². The van der Waals surface area contributed by atoms with Gasteiger partial charge in [0.25, 0.3) is 5.91 Å². The monoisotopic (exact) mass is 867 g/mol. The SMILES string of the molecule is C=C/C(=C\C=C(/C)OC)[C@H]1[C@H](ON=C2c3ccccc3-c3ccccc32)CC2C(=O)NC3(C(=O)NS(=O)(=O)C4CC4)CC3/C=C\CCCCCC(NC(=O)OC(C)(C)C)C(=O)N21. The summed E-state index contributed by atoms with van der Waals surface area (Å²) in [7, 11) is -2.42. The average molecular weight is 868 g/mol. The second-order valence-corrected chi connectivity index (χ2v) is 19.6. The molecule has 5 aliphatic rings. The van der Waals surface area contributed by atoms with Crippen LogP contribution in [0, 0.1) is 5.92 Å². The topological polar surface area (TPSA) is 182 Å². The molecule has 4 amide bonds. The van der Waals surface area contributed by atoms with E-state index in [4.69, 9.17) is 19.5 Å². The molecule has 330 valence electrons. The Morgan fingerprint density at radius 1 is 0.968 bits per heavy atom. The molecule has 2 aromatic rings. The van der Waals surface area contributed by atoms with Gasteiger partial charge in [-0.05, 0) is 89.0 Å². The number of sulfonamides is 1. The molecule has 3 fully saturated rings. The van der Waals surface area contributed by atoms with Crippen molar-refractivity contribution in [1.29, 1.82) is 0 Å². The molecule has 62 heavy (non-hydrogen) atoms. The summed E-state index contributed by atoms with van der Waals surface area (Å²) in [6.45, 7) is 11.0. The Hall–Kier alpha value is -5.70. The minimum atomic E-state index is -3.96. The molecular formula is C47H57N5O9S. The van der Waals surface area contributed by atoms with E-state index in [0.717, 1.165) is 35.1 Å². The van der Waals surface area contributed by atoms with Crippen LogP contribution in [0.15, 0.2) is 102 Å². The summed E-state index contributed by atoms with van der Waals surface area (Å²) in [5, 5.41) is 9.85. The fourth-order valence-corrected chi connectivity index (χ4v) is 9.88.